The molecule has 0 bridgehead atoms. The van der Waals surface area contributed by atoms with Crippen LogP contribution in [0.3, 0.4) is 0 Å². The molecule has 1 N–H and O–H groups in total. The van der Waals surface area contributed by atoms with Gasteiger partial charge in [0.15, 0.2) is 4.80 Å². The molecule has 2 aromatic carbocycles. The summed E-state index contributed by atoms with van der Waals surface area (Å²) in [4.78, 5) is 31.7. The summed E-state index contributed by atoms with van der Waals surface area (Å²) in [5.74, 6) is 0.0881. The zero-order valence-corrected chi connectivity index (χ0v) is 23.0. The Morgan fingerprint density at radius 1 is 1.35 bits per heavy atom. The molecule has 0 fully saturated rings. The number of rotatable bonds is 5. The Morgan fingerprint density at radius 3 is 2.79 bits per heavy atom. The summed E-state index contributed by atoms with van der Waals surface area (Å²) in [5.41, 5.74) is 1.57. The van der Waals surface area contributed by atoms with Gasteiger partial charge in [-0.2, -0.15) is 0 Å². The Kier molecular flexibility index (Phi) is 7.29. The van der Waals surface area contributed by atoms with Gasteiger partial charge < -0.3 is 14.6 Å². The molecule has 1 atom stereocenters. The highest BCUT2D eigenvalue weighted by molar-refractivity contribution is 14.1. The van der Waals surface area contributed by atoms with Crippen LogP contribution in [-0.4, -0.2) is 29.4 Å². The van der Waals surface area contributed by atoms with Gasteiger partial charge in [0.25, 0.3) is 5.56 Å². The molecule has 0 saturated carbocycles. The lowest BCUT2D eigenvalue weighted by Crippen LogP contribution is -2.40. The zero-order chi connectivity index (χ0) is 24.6. The number of hydrogen-bond donors (Lipinski definition) is 1. The third-order valence-electron chi connectivity index (χ3n) is 5.29. The molecule has 0 spiro atoms. The number of carbonyl (C=O) groups is 1. The summed E-state index contributed by atoms with van der Waals surface area (Å²) >= 11 is 6.66. The summed E-state index contributed by atoms with van der Waals surface area (Å²) in [6.07, 6.45) is 1.63. The summed E-state index contributed by atoms with van der Waals surface area (Å²) in [7, 11) is 1.54. The minimum Gasteiger partial charge on any atom is -0.506 e. The quantitative estimate of drug-likeness (QED) is 0.333. The molecule has 0 radical (unpaired) electrons. The van der Waals surface area contributed by atoms with Gasteiger partial charge in [0.2, 0.25) is 0 Å². The Balaban J connectivity index is 2.02. The van der Waals surface area contributed by atoms with Crippen molar-refractivity contribution in [2.45, 2.75) is 19.9 Å². The molecule has 34 heavy (non-hydrogen) atoms. The number of para-hydroxylation sites is 1. The van der Waals surface area contributed by atoms with Gasteiger partial charge >= 0.3 is 5.97 Å². The van der Waals surface area contributed by atoms with E-state index in [2.05, 4.69) is 20.9 Å². The Bertz CT molecular complexity index is 1510. The first-order chi connectivity index (χ1) is 16.3. The van der Waals surface area contributed by atoms with E-state index in [0.29, 0.717) is 35.5 Å². The second-order valence-corrected chi connectivity index (χ2v) is 10.5. The number of phenols is 1. The summed E-state index contributed by atoms with van der Waals surface area (Å²) < 4.78 is 14.2. The molecule has 1 aliphatic heterocycles. The molecule has 0 unspecified atom stereocenters. The summed E-state index contributed by atoms with van der Waals surface area (Å²) in [6, 6.07) is 10.0. The summed E-state index contributed by atoms with van der Waals surface area (Å²) in [5, 5.41) is 10.5. The number of nitrogens with zero attached hydrogens (tertiary/aromatic N) is 2. The number of thiazole rings is 1. The number of aromatic hydroxyl groups is 1. The van der Waals surface area contributed by atoms with Crippen LogP contribution in [0.15, 0.2) is 61.9 Å². The number of fused-ring (bicyclic) bond motifs is 1. The van der Waals surface area contributed by atoms with Crippen LogP contribution in [0.5, 0.6) is 11.5 Å². The maximum Gasteiger partial charge on any atom is 0.338 e. The van der Waals surface area contributed by atoms with Gasteiger partial charge in [-0.25, -0.2) is 9.79 Å². The Hall–Kier alpha value is -2.44. The van der Waals surface area contributed by atoms with E-state index in [-0.39, 0.29) is 23.5 Å². The molecule has 3 aromatic rings. The van der Waals surface area contributed by atoms with Gasteiger partial charge in [-0.3, -0.25) is 9.36 Å². The highest BCUT2D eigenvalue weighted by atomic mass is 127. The lowest BCUT2D eigenvalue weighted by Gasteiger charge is -2.25. The van der Waals surface area contributed by atoms with Crippen molar-refractivity contribution >= 4 is 61.9 Å². The molecule has 10 heteroatoms. The minimum absolute atomic E-state index is 0.0827. The highest BCUT2D eigenvalue weighted by Crippen LogP contribution is 2.35. The van der Waals surface area contributed by atoms with Crippen molar-refractivity contribution in [1.82, 2.24) is 4.57 Å². The largest absolute Gasteiger partial charge is 0.506 e. The van der Waals surface area contributed by atoms with Gasteiger partial charge in [-0.05, 0) is 60.7 Å². The average Bonchev–Trinajstić information content (AvgIpc) is 3.10. The van der Waals surface area contributed by atoms with E-state index < -0.39 is 12.0 Å². The van der Waals surface area contributed by atoms with E-state index in [4.69, 9.17) is 9.47 Å². The molecule has 0 aliphatic carbocycles. The number of hydrogen-bond acceptors (Lipinski definition) is 7. The number of ether oxygens (including phenoxy) is 2. The minimum atomic E-state index is -0.773. The Labute approximate surface area is 221 Å². The maximum atomic E-state index is 13.7. The van der Waals surface area contributed by atoms with Crippen molar-refractivity contribution < 1.29 is 19.4 Å². The second kappa shape index (κ2) is 10.0. The van der Waals surface area contributed by atoms with E-state index >= 15 is 0 Å². The first-order valence-corrected chi connectivity index (χ1v) is 13.0. The fourth-order valence-electron chi connectivity index (χ4n) is 3.82. The van der Waals surface area contributed by atoms with E-state index in [1.807, 2.05) is 40.8 Å². The van der Waals surface area contributed by atoms with Gasteiger partial charge in [0, 0.05) is 15.6 Å². The molecular weight excluding hydrogens is 635 g/mol. The third-order valence-corrected chi connectivity index (χ3v) is 7.56. The molecular formula is C24H20BrIN2O5S. The van der Waals surface area contributed by atoms with Crippen LogP contribution in [0.25, 0.3) is 6.08 Å². The van der Waals surface area contributed by atoms with E-state index in [1.165, 1.54) is 15.9 Å². The van der Waals surface area contributed by atoms with Gasteiger partial charge in [-0.15, -0.1) is 0 Å². The Morgan fingerprint density at radius 2 is 2.09 bits per heavy atom. The van der Waals surface area contributed by atoms with Crippen LogP contribution < -0.4 is 19.6 Å². The molecule has 1 aromatic heterocycles. The first-order valence-electron chi connectivity index (χ1n) is 10.3. The number of allylic oxidation sites excluding steroid dienone is 1. The fraction of sp³-hybridized carbons (Fsp3) is 0.208. The van der Waals surface area contributed by atoms with Crippen LogP contribution in [0.4, 0.5) is 0 Å². The maximum absolute atomic E-state index is 13.7. The molecule has 176 valence electrons. The van der Waals surface area contributed by atoms with Gasteiger partial charge in [-0.1, -0.05) is 45.5 Å². The van der Waals surface area contributed by atoms with Crippen molar-refractivity contribution in [2.75, 3.05) is 13.7 Å². The molecule has 4 rings (SSSR count). The second-order valence-electron chi connectivity index (χ2n) is 7.37. The van der Waals surface area contributed by atoms with E-state index in [1.54, 1.807) is 45.2 Å². The number of halogens is 2. The standard InChI is InChI=1S/C24H20BrIN2O5S/c1-4-33-23(31)19-12(2)27-24-28(20(19)15-7-5-6-8-17(15)32-3)22(30)18(34-24)10-13-9-14(25)11-16(26)21(13)29/h5-11,20,29H,4H2,1-3H3/b18-10+/t20-/m1/s1. The SMILES string of the molecule is CCOC(=O)C1=C(C)N=c2s/c(=C/c3cc(Br)cc(I)c3O)c(=O)n2[C@@H]1c1ccccc1OC. The van der Waals surface area contributed by atoms with E-state index in [0.717, 1.165) is 4.47 Å². The lowest BCUT2D eigenvalue weighted by atomic mass is 9.95. The van der Waals surface area contributed by atoms with Crippen LogP contribution in [0.1, 0.15) is 31.0 Å². The monoisotopic (exact) mass is 654 g/mol. The number of aromatic nitrogens is 1. The predicted octanol–water partition coefficient (Wildman–Crippen LogP) is 3.88. The predicted molar refractivity (Wildman–Crippen MR) is 142 cm³/mol. The highest BCUT2D eigenvalue weighted by Gasteiger charge is 2.34. The van der Waals surface area contributed by atoms with Gasteiger partial charge in [0.1, 0.15) is 17.5 Å². The smallest absolute Gasteiger partial charge is 0.338 e. The van der Waals surface area contributed by atoms with Crippen molar-refractivity contribution in [3.05, 3.63) is 86.5 Å². The molecule has 1 aliphatic rings. The fourth-order valence-corrected chi connectivity index (χ4v) is 6.40. The van der Waals surface area contributed by atoms with Crippen LogP contribution >= 0.6 is 49.9 Å². The molecule has 0 saturated heterocycles. The van der Waals surface area contributed by atoms with Crippen molar-refractivity contribution in [2.24, 2.45) is 4.99 Å². The number of phenolic OH excluding ortho intramolecular Hbond substituents is 1. The van der Waals surface area contributed by atoms with Crippen molar-refractivity contribution in [1.29, 1.82) is 0 Å². The zero-order valence-electron chi connectivity index (χ0n) is 18.5. The molecule has 2 heterocycles. The van der Waals surface area contributed by atoms with Crippen molar-refractivity contribution in [3.8, 4) is 11.5 Å². The lowest BCUT2D eigenvalue weighted by molar-refractivity contribution is -0.139. The normalized spacial score (nSPS) is 15.7. The van der Waals surface area contributed by atoms with Crippen molar-refractivity contribution in [3.63, 3.8) is 0 Å². The average molecular weight is 655 g/mol. The number of methoxy groups -OCH3 is 1. The number of esters is 1. The number of benzene rings is 2. The van der Waals surface area contributed by atoms with Crippen LogP contribution in [0, 0.1) is 3.57 Å². The summed E-state index contributed by atoms with van der Waals surface area (Å²) in [6.45, 7) is 3.65. The van der Waals surface area contributed by atoms with E-state index in [9.17, 15) is 14.7 Å². The molecule has 0 amide bonds. The topological polar surface area (TPSA) is 90.1 Å². The molecule has 7 nitrogen and oxygen atoms in total. The van der Waals surface area contributed by atoms with Gasteiger partial charge in [0.05, 0.1) is 33.1 Å². The number of carbonyl (C=O) groups excluding carboxylic acids is 1. The van der Waals surface area contributed by atoms with Crippen LogP contribution in [0.2, 0.25) is 0 Å². The first kappa shape index (κ1) is 24.7. The van der Waals surface area contributed by atoms with Crippen LogP contribution in [-0.2, 0) is 9.53 Å². The third kappa shape index (κ3) is 4.46.